The molecule has 17 heavy (non-hydrogen) atoms. The molecule has 3 heteroatoms. The van der Waals surface area contributed by atoms with Crippen LogP contribution in [0, 0.1) is 5.92 Å². The molecule has 1 N–H and O–H groups in total. The third-order valence-corrected chi connectivity index (χ3v) is 4.32. The summed E-state index contributed by atoms with van der Waals surface area (Å²) in [5.41, 5.74) is 1.17. The maximum atomic E-state index is 10.3. The Morgan fingerprint density at radius 2 is 2.24 bits per heavy atom. The van der Waals surface area contributed by atoms with Gasteiger partial charge in [0.05, 0.1) is 12.2 Å². The van der Waals surface area contributed by atoms with Gasteiger partial charge in [0.15, 0.2) is 0 Å². The molecule has 0 radical (unpaired) electrons. The van der Waals surface area contributed by atoms with Gasteiger partial charge in [-0.1, -0.05) is 41.1 Å². The summed E-state index contributed by atoms with van der Waals surface area (Å²) in [5, 5.41) is 10.3. The molecule has 0 saturated carbocycles. The van der Waals surface area contributed by atoms with E-state index in [2.05, 4.69) is 28.9 Å². The highest BCUT2D eigenvalue weighted by Crippen LogP contribution is 2.29. The molecule has 1 fully saturated rings. The standard InChI is InChI=1S/C14H19BrO2/c1-2-14-11(7-8-17-14)13(16)9-10-5-3-4-6-12(10)15/h3-6,11,13-14,16H,2,7-9H2,1H3. The second-order valence-electron chi connectivity index (χ2n) is 4.63. The molecule has 0 aliphatic carbocycles. The average Bonchev–Trinajstić information content (AvgIpc) is 2.80. The molecule has 1 aliphatic heterocycles. The van der Waals surface area contributed by atoms with E-state index >= 15 is 0 Å². The van der Waals surface area contributed by atoms with Crippen molar-refractivity contribution in [1.82, 2.24) is 0 Å². The van der Waals surface area contributed by atoms with Crippen LogP contribution in [0.15, 0.2) is 28.7 Å². The Morgan fingerprint density at radius 3 is 2.94 bits per heavy atom. The van der Waals surface area contributed by atoms with Crippen molar-refractivity contribution < 1.29 is 9.84 Å². The van der Waals surface area contributed by atoms with E-state index in [1.807, 2.05) is 18.2 Å². The zero-order valence-corrected chi connectivity index (χ0v) is 11.7. The van der Waals surface area contributed by atoms with Gasteiger partial charge >= 0.3 is 0 Å². The predicted molar refractivity (Wildman–Crippen MR) is 72.0 cm³/mol. The second kappa shape index (κ2) is 5.98. The first-order valence-corrected chi connectivity index (χ1v) is 7.04. The summed E-state index contributed by atoms with van der Waals surface area (Å²) < 4.78 is 6.71. The van der Waals surface area contributed by atoms with Gasteiger partial charge in [0.2, 0.25) is 0 Å². The van der Waals surface area contributed by atoms with Gasteiger partial charge in [-0.2, -0.15) is 0 Å². The number of aliphatic hydroxyl groups excluding tert-OH is 1. The molecule has 1 aromatic rings. The van der Waals surface area contributed by atoms with Crippen molar-refractivity contribution in [3.8, 4) is 0 Å². The molecule has 1 saturated heterocycles. The lowest BCUT2D eigenvalue weighted by Crippen LogP contribution is -2.29. The Kier molecular flexibility index (Phi) is 4.60. The molecule has 0 amide bonds. The van der Waals surface area contributed by atoms with Crippen LogP contribution < -0.4 is 0 Å². The molecule has 0 bridgehead atoms. The summed E-state index contributed by atoms with van der Waals surface area (Å²) in [7, 11) is 0. The Morgan fingerprint density at radius 1 is 1.47 bits per heavy atom. The fourth-order valence-electron chi connectivity index (χ4n) is 2.57. The van der Waals surface area contributed by atoms with Gasteiger partial charge in [-0.3, -0.25) is 0 Å². The lowest BCUT2D eigenvalue weighted by Gasteiger charge is -2.23. The van der Waals surface area contributed by atoms with Crippen LogP contribution in [0.2, 0.25) is 0 Å². The molecule has 2 rings (SSSR count). The SMILES string of the molecule is CCC1OCCC1C(O)Cc1ccccc1Br. The second-order valence-corrected chi connectivity index (χ2v) is 5.49. The van der Waals surface area contributed by atoms with E-state index in [-0.39, 0.29) is 18.1 Å². The summed E-state index contributed by atoms with van der Waals surface area (Å²) in [4.78, 5) is 0. The molecule has 2 nitrogen and oxygen atoms in total. The van der Waals surface area contributed by atoms with E-state index in [0.29, 0.717) is 6.42 Å². The number of benzene rings is 1. The van der Waals surface area contributed by atoms with Crippen molar-refractivity contribution in [3.05, 3.63) is 34.3 Å². The maximum absolute atomic E-state index is 10.3. The highest BCUT2D eigenvalue weighted by atomic mass is 79.9. The minimum atomic E-state index is -0.304. The number of hydrogen-bond acceptors (Lipinski definition) is 2. The predicted octanol–water partition coefficient (Wildman–Crippen LogP) is 3.17. The van der Waals surface area contributed by atoms with E-state index in [4.69, 9.17) is 4.74 Å². The summed E-state index contributed by atoms with van der Waals surface area (Å²) in [6.45, 7) is 2.91. The van der Waals surface area contributed by atoms with Crippen molar-refractivity contribution >= 4 is 15.9 Å². The third-order valence-electron chi connectivity index (χ3n) is 3.54. The summed E-state index contributed by atoms with van der Waals surface area (Å²) >= 11 is 3.52. The highest BCUT2D eigenvalue weighted by Gasteiger charge is 2.32. The van der Waals surface area contributed by atoms with Crippen LogP contribution in [0.5, 0.6) is 0 Å². The molecule has 1 aliphatic rings. The summed E-state index contributed by atoms with van der Waals surface area (Å²) in [6, 6.07) is 8.08. The van der Waals surface area contributed by atoms with Gasteiger partial charge in [-0.15, -0.1) is 0 Å². The van der Waals surface area contributed by atoms with Crippen LogP contribution in [-0.2, 0) is 11.2 Å². The molecular formula is C14H19BrO2. The van der Waals surface area contributed by atoms with E-state index in [0.717, 1.165) is 23.9 Å². The van der Waals surface area contributed by atoms with Gasteiger partial charge in [0.1, 0.15) is 0 Å². The number of aliphatic hydroxyl groups is 1. The zero-order valence-electron chi connectivity index (χ0n) is 10.1. The molecular weight excluding hydrogens is 280 g/mol. The monoisotopic (exact) mass is 298 g/mol. The van der Waals surface area contributed by atoms with E-state index in [9.17, 15) is 5.11 Å². The van der Waals surface area contributed by atoms with Crippen molar-refractivity contribution in [1.29, 1.82) is 0 Å². The largest absolute Gasteiger partial charge is 0.392 e. The fourth-order valence-corrected chi connectivity index (χ4v) is 3.01. The lowest BCUT2D eigenvalue weighted by molar-refractivity contribution is 0.0317. The first-order valence-electron chi connectivity index (χ1n) is 6.25. The van der Waals surface area contributed by atoms with Crippen molar-refractivity contribution in [2.24, 2.45) is 5.92 Å². The van der Waals surface area contributed by atoms with Crippen molar-refractivity contribution in [3.63, 3.8) is 0 Å². The highest BCUT2D eigenvalue weighted by molar-refractivity contribution is 9.10. The van der Waals surface area contributed by atoms with Gasteiger partial charge in [-0.05, 0) is 30.9 Å². The smallest absolute Gasteiger partial charge is 0.0634 e. The number of ether oxygens (including phenoxy) is 1. The van der Waals surface area contributed by atoms with Crippen LogP contribution in [0.25, 0.3) is 0 Å². The maximum Gasteiger partial charge on any atom is 0.0634 e. The van der Waals surface area contributed by atoms with Crippen LogP contribution in [0.1, 0.15) is 25.3 Å². The van der Waals surface area contributed by atoms with Crippen LogP contribution in [0.3, 0.4) is 0 Å². The summed E-state index contributed by atoms with van der Waals surface area (Å²) in [6.07, 6.45) is 2.59. The van der Waals surface area contributed by atoms with E-state index in [1.54, 1.807) is 0 Å². The minimum Gasteiger partial charge on any atom is -0.392 e. The Labute approximate surface area is 111 Å². The molecule has 3 atom stereocenters. The van der Waals surface area contributed by atoms with E-state index < -0.39 is 0 Å². The van der Waals surface area contributed by atoms with Gasteiger partial charge in [-0.25, -0.2) is 0 Å². The zero-order chi connectivity index (χ0) is 12.3. The quantitative estimate of drug-likeness (QED) is 0.925. The number of rotatable bonds is 4. The molecule has 0 spiro atoms. The molecule has 0 aromatic heterocycles. The average molecular weight is 299 g/mol. The molecule has 3 unspecified atom stereocenters. The van der Waals surface area contributed by atoms with Crippen molar-refractivity contribution in [2.75, 3.05) is 6.61 Å². The van der Waals surface area contributed by atoms with Crippen LogP contribution in [0.4, 0.5) is 0 Å². The van der Waals surface area contributed by atoms with Gasteiger partial charge in [0.25, 0.3) is 0 Å². The normalized spacial score (nSPS) is 26.1. The molecule has 94 valence electrons. The minimum absolute atomic E-state index is 0.229. The lowest BCUT2D eigenvalue weighted by atomic mass is 9.89. The third kappa shape index (κ3) is 3.09. The first-order chi connectivity index (χ1) is 8.22. The summed E-state index contributed by atoms with van der Waals surface area (Å²) in [5.74, 6) is 0.284. The van der Waals surface area contributed by atoms with Gasteiger partial charge in [0, 0.05) is 17.0 Å². The van der Waals surface area contributed by atoms with Crippen LogP contribution >= 0.6 is 15.9 Å². The number of halogens is 1. The molecule has 1 aromatic carbocycles. The first kappa shape index (κ1) is 13.1. The van der Waals surface area contributed by atoms with Crippen molar-refractivity contribution in [2.45, 2.75) is 38.4 Å². The van der Waals surface area contributed by atoms with E-state index in [1.165, 1.54) is 5.56 Å². The Balaban J connectivity index is 2.01. The molecule has 1 heterocycles. The topological polar surface area (TPSA) is 29.5 Å². The number of hydrogen-bond donors (Lipinski definition) is 1. The Hall–Kier alpha value is -0.380. The van der Waals surface area contributed by atoms with Gasteiger partial charge < -0.3 is 9.84 Å². The van der Waals surface area contributed by atoms with Crippen LogP contribution in [-0.4, -0.2) is 23.9 Å². The Bertz CT molecular complexity index is 367. The fraction of sp³-hybridized carbons (Fsp3) is 0.571.